The van der Waals surface area contributed by atoms with Crippen molar-refractivity contribution in [2.24, 2.45) is 5.73 Å². The van der Waals surface area contributed by atoms with Crippen LogP contribution in [0.3, 0.4) is 0 Å². The normalized spacial score (nSPS) is 11.4. The molecule has 0 aliphatic heterocycles. The number of hydrogen-bond acceptors (Lipinski definition) is 4. The maximum absolute atomic E-state index is 12.5. The Balaban J connectivity index is 1.96. The minimum absolute atomic E-state index is 0.211. The molecule has 4 rings (SSSR count). The number of nitrogens with zero attached hydrogens (tertiary/aromatic N) is 3. The van der Waals surface area contributed by atoms with E-state index in [-0.39, 0.29) is 5.56 Å². The maximum Gasteiger partial charge on any atom is 0.275 e. The molecule has 0 aliphatic carbocycles. The van der Waals surface area contributed by atoms with Crippen LogP contribution >= 0.6 is 0 Å². The molecule has 3 heterocycles. The summed E-state index contributed by atoms with van der Waals surface area (Å²) in [7, 11) is 0. The molecule has 0 amide bonds. The molecule has 6 heteroatoms. The zero-order chi connectivity index (χ0) is 16.5. The molecule has 4 aromatic rings. The van der Waals surface area contributed by atoms with Gasteiger partial charge < -0.3 is 15.3 Å². The Morgan fingerprint density at radius 2 is 2.08 bits per heavy atom. The SMILES string of the molecule is NCCCn1cc(-c2nc3ccncc3[nH]c2=O)c2ccccc21. The molecule has 0 saturated carbocycles. The van der Waals surface area contributed by atoms with E-state index in [4.69, 9.17) is 5.73 Å². The van der Waals surface area contributed by atoms with Crippen molar-refractivity contribution in [2.45, 2.75) is 13.0 Å². The summed E-state index contributed by atoms with van der Waals surface area (Å²) in [5, 5.41) is 1.01. The maximum atomic E-state index is 12.5. The average Bonchev–Trinajstić information content (AvgIpc) is 2.98. The van der Waals surface area contributed by atoms with Gasteiger partial charge in [-0.25, -0.2) is 4.98 Å². The van der Waals surface area contributed by atoms with E-state index in [1.807, 2.05) is 24.4 Å². The van der Waals surface area contributed by atoms with Crippen LogP contribution in [0.4, 0.5) is 0 Å². The highest BCUT2D eigenvalue weighted by molar-refractivity contribution is 5.95. The van der Waals surface area contributed by atoms with Crippen LogP contribution in [-0.2, 0) is 6.54 Å². The van der Waals surface area contributed by atoms with Crippen LogP contribution < -0.4 is 11.3 Å². The number of nitrogens with two attached hydrogens (primary N) is 1. The molecule has 3 aromatic heterocycles. The number of aryl methyl sites for hydroxylation is 1. The summed E-state index contributed by atoms with van der Waals surface area (Å²) in [6.45, 7) is 1.44. The van der Waals surface area contributed by atoms with E-state index in [1.165, 1.54) is 0 Å². The van der Waals surface area contributed by atoms with E-state index in [0.717, 1.165) is 34.9 Å². The molecule has 0 saturated heterocycles. The second kappa shape index (κ2) is 5.90. The highest BCUT2D eigenvalue weighted by Gasteiger charge is 2.14. The van der Waals surface area contributed by atoms with Crippen molar-refractivity contribution in [3.05, 3.63) is 59.3 Å². The van der Waals surface area contributed by atoms with Gasteiger partial charge in [0, 0.05) is 35.4 Å². The first-order valence-electron chi connectivity index (χ1n) is 7.90. The van der Waals surface area contributed by atoms with Gasteiger partial charge in [-0.3, -0.25) is 9.78 Å². The number of benzene rings is 1. The van der Waals surface area contributed by atoms with Crippen molar-refractivity contribution in [2.75, 3.05) is 6.54 Å². The van der Waals surface area contributed by atoms with Crippen molar-refractivity contribution >= 4 is 21.9 Å². The summed E-state index contributed by atoms with van der Waals surface area (Å²) in [5.41, 5.74) is 9.13. The number of para-hydroxylation sites is 1. The third-order valence-electron chi connectivity index (χ3n) is 4.14. The van der Waals surface area contributed by atoms with Crippen LogP contribution in [0.1, 0.15) is 6.42 Å². The lowest BCUT2D eigenvalue weighted by Crippen LogP contribution is -2.11. The molecule has 0 spiro atoms. The van der Waals surface area contributed by atoms with Crippen molar-refractivity contribution in [3.8, 4) is 11.3 Å². The monoisotopic (exact) mass is 319 g/mol. The van der Waals surface area contributed by atoms with Gasteiger partial charge in [-0.2, -0.15) is 0 Å². The Hall–Kier alpha value is -2.99. The van der Waals surface area contributed by atoms with Gasteiger partial charge in [0.05, 0.1) is 17.2 Å². The Labute approximate surface area is 138 Å². The van der Waals surface area contributed by atoms with Crippen LogP contribution in [0.25, 0.3) is 33.2 Å². The quantitative estimate of drug-likeness (QED) is 0.604. The molecule has 3 N–H and O–H groups in total. The van der Waals surface area contributed by atoms with Gasteiger partial charge in [0.2, 0.25) is 0 Å². The van der Waals surface area contributed by atoms with Crippen molar-refractivity contribution in [3.63, 3.8) is 0 Å². The van der Waals surface area contributed by atoms with Gasteiger partial charge in [-0.05, 0) is 25.1 Å². The lowest BCUT2D eigenvalue weighted by molar-refractivity contribution is 0.671. The second-order valence-electron chi connectivity index (χ2n) is 5.70. The van der Waals surface area contributed by atoms with Gasteiger partial charge in [-0.1, -0.05) is 18.2 Å². The summed E-state index contributed by atoms with van der Waals surface area (Å²) in [4.78, 5) is 24.0. The van der Waals surface area contributed by atoms with Crippen LogP contribution in [-0.4, -0.2) is 26.1 Å². The number of fused-ring (bicyclic) bond motifs is 2. The number of aromatic amines is 1. The fraction of sp³-hybridized carbons (Fsp3) is 0.167. The van der Waals surface area contributed by atoms with E-state index in [1.54, 1.807) is 18.5 Å². The Bertz CT molecular complexity index is 1080. The molecule has 24 heavy (non-hydrogen) atoms. The first kappa shape index (κ1) is 14.6. The molecule has 0 bridgehead atoms. The minimum Gasteiger partial charge on any atom is -0.347 e. The predicted octanol–water partition coefficient (Wildman–Crippen LogP) is 2.29. The Kier molecular flexibility index (Phi) is 3.59. The highest BCUT2D eigenvalue weighted by Crippen LogP contribution is 2.28. The van der Waals surface area contributed by atoms with Crippen LogP contribution in [0.5, 0.6) is 0 Å². The summed E-state index contributed by atoms with van der Waals surface area (Å²) >= 11 is 0. The fourth-order valence-corrected chi connectivity index (χ4v) is 3.00. The van der Waals surface area contributed by atoms with Gasteiger partial charge in [0.1, 0.15) is 5.69 Å². The van der Waals surface area contributed by atoms with Gasteiger partial charge in [0.15, 0.2) is 0 Å². The lowest BCUT2D eigenvalue weighted by atomic mass is 10.1. The summed E-state index contributed by atoms with van der Waals surface area (Å²) in [6.07, 6.45) is 6.15. The molecule has 6 nitrogen and oxygen atoms in total. The second-order valence-corrected chi connectivity index (χ2v) is 5.70. The van der Waals surface area contributed by atoms with Crippen molar-refractivity contribution in [1.82, 2.24) is 19.5 Å². The van der Waals surface area contributed by atoms with Crippen molar-refractivity contribution < 1.29 is 0 Å². The van der Waals surface area contributed by atoms with Gasteiger partial charge >= 0.3 is 0 Å². The molecular weight excluding hydrogens is 302 g/mol. The van der Waals surface area contributed by atoms with Crippen molar-refractivity contribution in [1.29, 1.82) is 0 Å². The summed E-state index contributed by atoms with van der Waals surface area (Å²) in [5.74, 6) is 0. The first-order chi connectivity index (χ1) is 11.8. The molecule has 0 fully saturated rings. The highest BCUT2D eigenvalue weighted by atomic mass is 16.1. The molecular formula is C18H17N5O. The number of H-pyrrole nitrogens is 1. The number of pyridine rings is 1. The van der Waals surface area contributed by atoms with E-state index in [0.29, 0.717) is 17.8 Å². The van der Waals surface area contributed by atoms with E-state index in [9.17, 15) is 4.79 Å². The average molecular weight is 319 g/mol. The summed E-state index contributed by atoms with van der Waals surface area (Å²) < 4.78 is 2.13. The lowest BCUT2D eigenvalue weighted by Gasteiger charge is -2.02. The summed E-state index contributed by atoms with van der Waals surface area (Å²) in [6, 6.07) is 9.82. The molecule has 120 valence electrons. The number of nitrogens with one attached hydrogen (secondary N) is 1. The standard InChI is InChI=1S/C18H17N5O/c19-7-3-9-23-11-13(12-4-1-2-5-16(12)23)17-18(24)22-15-10-20-8-6-14(15)21-17/h1-2,4-6,8,10-11H,3,7,9,19H2,(H,22,24). The van der Waals surface area contributed by atoms with Crippen LogP contribution in [0.15, 0.2) is 53.7 Å². The van der Waals surface area contributed by atoms with Crippen LogP contribution in [0.2, 0.25) is 0 Å². The van der Waals surface area contributed by atoms with Crippen LogP contribution in [0, 0.1) is 0 Å². The smallest absolute Gasteiger partial charge is 0.275 e. The first-order valence-corrected chi connectivity index (χ1v) is 7.90. The number of aromatic nitrogens is 4. The van der Waals surface area contributed by atoms with E-state index < -0.39 is 0 Å². The third-order valence-corrected chi connectivity index (χ3v) is 4.14. The fourth-order valence-electron chi connectivity index (χ4n) is 3.00. The predicted molar refractivity (Wildman–Crippen MR) is 94.8 cm³/mol. The third kappa shape index (κ3) is 2.37. The largest absolute Gasteiger partial charge is 0.347 e. The molecule has 0 unspecified atom stereocenters. The van der Waals surface area contributed by atoms with Gasteiger partial charge in [-0.15, -0.1) is 0 Å². The Morgan fingerprint density at radius 1 is 1.21 bits per heavy atom. The zero-order valence-electron chi connectivity index (χ0n) is 13.1. The zero-order valence-corrected chi connectivity index (χ0v) is 13.1. The molecule has 1 aromatic carbocycles. The molecule has 0 radical (unpaired) electrons. The van der Waals surface area contributed by atoms with Gasteiger partial charge in [0.25, 0.3) is 5.56 Å². The van der Waals surface area contributed by atoms with E-state index >= 15 is 0 Å². The van der Waals surface area contributed by atoms with E-state index in [2.05, 4.69) is 25.6 Å². The molecule has 0 atom stereocenters. The number of hydrogen-bond donors (Lipinski definition) is 2. The Morgan fingerprint density at radius 3 is 2.96 bits per heavy atom. The topological polar surface area (TPSA) is 89.6 Å². The number of rotatable bonds is 4. The molecule has 0 aliphatic rings. The minimum atomic E-state index is -0.211.